The average molecular weight is 274 g/mol. The van der Waals surface area contributed by atoms with Crippen LogP contribution >= 0.6 is 11.6 Å². The molecule has 19 heavy (non-hydrogen) atoms. The van der Waals surface area contributed by atoms with Crippen LogP contribution in [-0.4, -0.2) is 17.9 Å². The topological polar surface area (TPSA) is 20.3 Å². The van der Waals surface area contributed by atoms with Crippen LogP contribution in [0, 0.1) is 6.92 Å². The van der Waals surface area contributed by atoms with Gasteiger partial charge in [-0.3, -0.25) is 4.79 Å². The molecule has 0 aliphatic rings. The maximum atomic E-state index is 12.2. The van der Waals surface area contributed by atoms with E-state index in [0.29, 0.717) is 17.1 Å². The molecule has 0 saturated heterocycles. The van der Waals surface area contributed by atoms with Crippen molar-refractivity contribution >= 4 is 17.5 Å². The molecular formula is C16H16ClNO. The maximum Gasteiger partial charge on any atom is 0.253 e. The van der Waals surface area contributed by atoms with E-state index in [9.17, 15) is 4.79 Å². The second kappa shape index (κ2) is 5.89. The molecular weight excluding hydrogens is 258 g/mol. The number of aryl methyl sites for hydroxylation is 1. The van der Waals surface area contributed by atoms with Gasteiger partial charge in [-0.1, -0.05) is 41.4 Å². The van der Waals surface area contributed by atoms with Crippen LogP contribution < -0.4 is 0 Å². The molecule has 0 radical (unpaired) electrons. The number of rotatable bonds is 3. The molecule has 0 aliphatic carbocycles. The van der Waals surface area contributed by atoms with E-state index in [2.05, 4.69) is 12.1 Å². The largest absolute Gasteiger partial charge is 0.337 e. The first kappa shape index (κ1) is 13.6. The van der Waals surface area contributed by atoms with E-state index >= 15 is 0 Å². The van der Waals surface area contributed by atoms with Crippen LogP contribution in [0.4, 0.5) is 0 Å². The van der Waals surface area contributed by atoms with Crippen LogP contribution in [0.2, 0.25) is 5.02 Å². The summed E-state index contributed by atoms with van der Waals surface area (Å²) in [6.07, 6.45) is 0. The lowest BCUT2D eigenvalue weighted by Crippen LogP contribution is -2.26. The van der Waals surface area contributed by atoms with Crippen molar-refractivity contribution in [2.45, 2.75) is 13.5 Å². The third kappa shape index (κ3) is 3.58. The van der Waals surface area contributed by atoms with Gasteiger partial charge in [-0.2, -0.15) is 0 Å². The molecule has 0 aromatic heterocycles. The van der Waals surface area contributed by atoms with Gasteiger partial charge in [0.15, 0.2) is 0 Å². The normalized spacial score (nSPS) is 10.3. The maximum absolute atomic E-state index is 12.2. The number of halogens is 1. The number of amides is 1. The van der Waals surface area contributed by atoms with Gasteiger partial charge >= 0.3 is 0 Å². The molecule has 0 bridgehead atoms. The lowest BCUT2D eigenvalue weighted by Gasteiger charge is -2.17. The fourth-order valence-electron chi connectivity index (χ4n) is 1.85. The number of hydrogen-bond acceptors (Lipinski definition) is 1. The van der Waals surface area contributed by atoms with Crippen molar-refractivity contribution in [3.05, 3.63) is 70.2 Å². The second-order valence-corrected chi connectivity index (χ2v) is 5.09. The van der Waals surface area contributed by atoms with Gasteiger partial charge in [0.1, 0.15) is 0 Å². The molecule has 2 aromatic carbocycles. The first-order chi connectivity index (χ1) is 9.06. The number of carbonyl (C=O) groups is 1. The number of nitrogens with zero attached hydrogens (tertiary/aromatic N) is 1. The van der Waals surface area contributed by atoms with E-state index < -0.39 is 0 Å². The average Bonchev–Trinajstić information content (AvgIpc) is 2.41. The summed E-state index contributed by atoms with van der Waals surface area (Å²) in [5.41, 5.74) is 2.99. The Hall–Kier alpha value is -1.80. The van der Waals surface area contributed by atoms with Crippen LogP contribution in [-0.2, 0) is 6.54 Å². The van der Waals surface area contributed by atoms with E-state index in [4.69, 9.17) is 11.6 Å². The van der Waals surface area contributed by atoms with Crippen molar-refractivity contribution in [2.75, 3.05) is 7.05 Å². The second-order valence-electron chi connectivity index (χ2n) is 4.65. The lowest BCUT2D eigenvalue weighted by atomic mass is 10.1. The van der Waals surface area contributed by atoms with Gasteiger partial charge in [-0.05, 0) is 36.8 Å². The van der Waals surface area contributed by atoms with E-state index in [1.807, 2.05) is 19.1 Å². The molecule has 0 aliphatic heterocycles. The SMILES string of the molecule is Cc1ccc(CN(C)C(=O)c2ccc(Cl)cc2)cc1. The Balaban J connectivity index is 2.07. The molecule has 0 spiro atoms. The number of benzene rings is 2. The highest BCUT2D eigenvalue weighted by Gasteiger charge is 2.11. The van der Waals surface area contributed by atoms with Gasteiger partial charge in [0.25, 0.3) is 5.91 Å². The molecule has 0 saturated carbocycles. The van der Waals surface area contributed by atoms with Crippen LogP contribution in [0.15, 0.2) is 48.5 Å². The molecule has 3 heteroatoms. The Morgan fingerprint density at radius 3 is 2.21 bits per heavy atom. The molecule has 2 aromatic rings. The zero-order valence-corrected chi connectivity index (χ0v) is 11.8. The van der Waals surface area contributed by atoms with Crippen molar-refractivity contribution in [1.29, 1.82) is 0 Å². The fraction of sp³-hybridized carbons (Fsp3) is 0.188. The zero-order valence-electron chi connectivity index (χ0n) is 11.1. The van der Waals surface area contributed by atoms with Crippen LogP contribution in [0.5, 0.6) is 0 Å². The van der Waals surface area contributed by atoms with Gasteiger partial charge in [0.2, 0.25) is 0 Å². The van der Waals surface area contributed by atoms with E-state index in [0.717, 1.165) is 5.56 Å². The van der Waals surface area contributed by atoms with Gasteiger partial charge in [0.05, 0.1) is 0 Å². The minimum absolute atomic E-state index is 0.00255. The summed E-state index contributed by atoms with van der Waals surface area (Å²) in [4.78, 5) is 13.9. The van der Waals surface area contributed by atoms with Crippen molar-refractivity contribution in [2.24, 2.45) is 0 Å². The van der Waals surface area contributed by atoms with E-state index in [-0.39, 0.29) is 5.91 Å². The Labute approximate surface area is 118 Å². The van der Waals surface area contributed by atoms with Crippen molar-refractivity contribution < 1.29 is 4.79 Å². The molecule has 0 fully saturated rings. The molecule has 0 N–H and O–H groups in total. The fourth-order valence-corrected chi connectivity index (χ4v) is 1.98. The summed E-state index contributed by atoms with van der Waals surface area (Å²) in [7, 11) is 1.80. The Morgan fingerprint density at radius 1 is 1.05 bits per heavy atom. The highest BCUT2D eigenvalue weighted by atomic mass is 35.5. The molecule has 0 heterocycles. The van der Waals surface area contributed by atoms with Crippen LogP contribution in [0.3, 0.4) is 0 Å². The molecule has 0 unspecified atom stereocenters. The molecule has 1 amide bonds. The van der Waals surface area contributed by atoms with E-state index in [1.54, 1.807) is 36.2 Å². The summed E-state index contributed by atoms with van der Waals surface area (Å²) in [6.45, 7) is 2.65. The summed E-state index contributed by atoms with van der Waals surface area (Å²) < 4.78 is 0. The highest BCUT2D eigenvalue weighted by molar-refractivity contribution is 6.30. The minimum Gasteiger partial charge on any atom is -0.337 e. The standard InChI is InChI=1S/C16H16ClNO/c1-12-3-5-13(6-4-12)11-18(2)16(19)14-7-9-15(17)10-8-14/h3-10H,11H2,1-2H3. The lowest BCUT2D eigenvalue weighted by molar-refractivity contribution is 0.0785. The van der Waals surface area contributed by atoms with Gasteiger partial charge < -0.3 is 4.90 Å². The Morgan fingerprint density at radius 2 is 1.63 bits per heavy atom. The van der Waals surface area contributed by atoms with Crippen molar-refractivity contribution in [1.82, 2.24) is 4.90 Å². The Bertz CT molecular complexity index is 560. The minimum atomic E-state index is -0.00255. The summed E-state index contributed by atoms with van der Waals surface area (Å²) >= 11 is 5.82. The first-order valence-corrected chi connectivity index (χ1v) is 6.50. The quantitative estimate of drug-likeness (QED) is 0.830. The summed E-state index contributed by atoms with van der Waals surface area (Å²) in [6, 6.07) is 15.1. The molecule has 2 rings (SSSR count). The zero-order chi connectivity index (χ0) is 13.8. The predicted molar refractivity (Wildman–Crippen MR) is 78.4 cm³/mol. The van der Waals surface area contributed by atoms with Gasteiger partial charge in [-0.15, -0.1) is 0 Å². The molecule has 0 atom stereocenters. The smallest absolute Gasteiger partial charge is 0.253 e. The predicted octanol–water partition coefficient (Wildman–Crippen LogP) is 3.92. The first-order valence-electron chi connectivity index (χ1n) is 6.13. The van der Waals surface area contributed by atoms with Gasteiger partial charge in [0, 0.05) is 24.2 Å². The number of hydrogen-bond donors (Lipinski definition) is 0. The van der Waals surface area contributed by atoms with Crippen molar-refractivity contribution in [3.8, 4) is 0 Å². The molecule has 2 nitrogen and oxygen atoms in total. The third-order valence-electron chi connectivity index (χ3n) is 2.98. The van der Waals surface area contributed by atoms with Crippen LogP contribution in [0.1, 0.15) is 21.5 Å². The monoisotopic (exact) mass is 273 g/mol. The summed E-state index contributed by atoms with van der Waals surface area (Å²) in [5, 5.41) is 0.637. The van der Waals surface area contributed by atoms with Crippen LogP contribution in [0.25, 0.3) is 0 Å². The Kier molecular flexibility index (Phi) is 4.23. The van der Waals surface area contributed by atoms with E-state index in [1.165, 1.54) is 5.56 Å². The third-order valence-corrected chi connectivity index (χ3v) is 3.23. The molecule has 98 valence electrons. The number of carbonyl (C=O) groups excluding carboxylic acids is 1. The highest BCUT2D eigenvalue weighted by Crippen LogP contribution is 2.13. The summed E-state index contributed by atoms with van der Waals surface area (Å²) in [5.74, 6) is -0.00255. The van der Waals surface area contributed by atoms with Gasteiger partial charge in [-0.25, -0.2) is 0 Å². The van der Waals surface area contributed by atoms with Crippen molar-refractivity contribution in [3.63, 3.8) is 0 Å².